The van der Waals surface area contributed by atoms with E-state index in [1.54, 1.807) is 36.8 Å². The fourth-order valence-electron chi connectivity index (χ4n) is 3.54. The van der Waals surface area contributed by atoms with Crippen molar-refractivity contribution in [3.8, 4) is 5.75 Å². The first kappa shape index (κ1) is 26.3. The summed E-state index contributed by atoms with van der Waals surface area (Å²) in [6, 6.07) is 12.4. The maximum atomic E-state index is 13.2. The van der Waals surface area contributed by atoms with Gasteiger partial charge in [-0.3, -0.25) is 14.2 Å². The van der Waals surface area contributed by atoms with Crippen LogP contribution in [0, 0.1) is 5.92 Å². The first-order valence-electron chi connectivity index (χ1n) is 11.4. The number of carbonyl (C=O) groups excluding carboxylic acids is 2. The monoisotopic (exact) mass is 497 g/mol. The number of rotatable bonds is 10. The van der Waals surface area contributed by atoms with E-state index in [2.05, 4.69) is 10.3 Å². The zero-order valence-electron chi connectivity index (χ0n) is 20.7. The second-order valence-electron chi connectivity index (χ2n) is 8.58. The molecule has 0 unspecified atom stereocenters. The number of hydrogen-bond donors (Lipinski definition) is 1. The fraction of sp³-hybridized carbons (Fsp3) is 0.385. The molecule has 1 heterocycles. The van der Waals surface area contributed by atoms with E-state index in [1.165, 1.54) is 18.9 Å². The Morgan fingerprint density at radius 3 is 2.43 bits per heavy atom. The molecule has 0 spiro atoms. The summed E-state index contributed by atoms with van der Waals surface area (Å²) in [5.41, 5.74) is 1.60. The van der Waals surface area contributed by atoms with Gasteiger partial charge in [0.1, 0.15) is 5.75 Å². The molecule has 0 saturated heterocycles. The van der Waals surface area contributed by atoms with Crippen molar-refractivity contribution in [1.29, 1.82) is 0 Å². The maximum Gasteiger partial charge on any atom is 0.337 e. The highest BCUT2D eigenvalue weighted by Gasteiger charge is 2.20. The van der Waals surface area contributed by atoms with Crippen molar-refractivity contribution in [2.75, 3.05) is 20.8 Å². The Kier molecular flexibility index (Phi) is 8.92. The van der Waals surface area contributed by atoms with Crippen LogP contribution in [-0.2, 0) is 22.5 Å². The van der Waals surface area contributed by atoms with Gasteiger partial charge in [-0.15, -0.1) is 0 Å². The minimum absolute atomic E-state index is 0.141. The highest BCUT2D eigenvalue weighted by Crippen LogP contribution is 2.24. The predicted octanol–water partition coefficient (Wildman–Crippen LogP) is 3.69. The number of ether oxygens (including phenoxy) is 2. The molecule has 1 aromatic heterocycles. The van der Waals surface area contributed by atoms with Crippen LogP contribution in [0.4, 0.5) is 0 Å². The third-order valence-corrected chi connectivity index (χ3v) is 6.50. The summed E-state index contributed by atoms with van der Waals surface area (Å²) in [6.45, 7) is 6.77. The number of amides is 1. The van der Waals surface area contributed by atoms with E-state index in [0.717, 1.165) is 11.3 Å². The molecule has 35 heavy (non-hydrogen) atoms. The molecule has 0 radical (unpaired) electrons. The highest BCUT2D eigenvalue weighted by atomic mass is 32.2. The van der Waals surface area contributed by atoms with Gasteiger partial charge < -0.3 is 14.8 Å². The van der Waals surface area contributed by atoms with Crippen molar-refractivity contribution in [2.24, 2.45) is 5.92 Å². The minimum atomic E-state index is -0.501. The van der Waals surface area contributed by atoms with Crippen LogP contribution < -0.4 is 15.6 Å². The lowest BCUT2D eigenvalue weighted by atomic mass is 10.1. The Balaban J connectivity index is 1.78. The molecule has 186 valence electrons. The summed E-state index contributed by atoms with van der Waals surface area (Å²) in [4.78, 5) is 42.6. The number of esters is 1. The lowest BCUT2D eigenvalue weighted by molar-refractivity contribution is -0.120. The van der Waals surface area contributed by atoms with Gasteiger partial charge in [0.2, 0.25) is 5.91 Å². The van der Waals surface area contributed by atoms with E-state index in [1.807, 2.05) is 38.1 Å². The second-order valence-corrected chi connectivity index (χ2v) is 9.88. The standard InChI is InChI=1S/C26H31N3O5S/c1-16(2)15-29-24(31)21-11-8-19(25(32)34-5)14-22(21)28-26(29)35-17(3)23(30)27-13-12-18-6-9-20(33-4)10-7-18/h6-11,14,16-17H,12-13,15H2,1-5H3,(H,27,30)/t17-/m0/s1. The number of nitrogens with one attached hydrogen (secondary N) is 1. The van der Waals surface area contributed by atoms with Gasteiger partial charge >= 0.3 is 5.97 Å². The lowest BCUT2D eigenvalue weighted by Crippen LogP contribution is -2.33. The fourth-order valence-corrected chi connectivity index (χ4v) is 4.48. The molecule has 1 atom stereocenters. The summed E-state index contributed by atoms with van der Waals surface area (Å²) in [7, 11) is 2.92. The Morgan fingerprint density at radius 2 is 1.80 bits per heavy atom. The van der Waals surface area contributed by atoms with E-state index < -0.39 is 11.2 Å². The molecule has 0 aliphatic heterocycles. The Morgan fingerprint density at radius 1 is 1.09 bits per heavy atom. The molecule has 3 rings (SSSR count). The van der Waals surface area contributed by atoms with Gasteiger partial charge in [-0.05, 0) is 55.2 Å². The summed E-state index contributed by atoms with van der Waals surface area (Å²) in [5, 5.41) is 3.34. The quantitative estimate of drug-likeness (QED) is 0.259. The van der Waals surface area contributed by atoms with Crippen LogP contribution in [0.2, 0.25) is 0 Å². The number of nitrogens with zero attached hydrogens (tertiary/aromatic N) is 2. The van der Waals surface area contributed by atoms with Gasteiger partial charge in [-0.1, -0.05) is 37.7 Å². The Labute approximate surface area is 209 Å². The highest BCUT2D eigenvalue weighted by molar-refractivity contribution is 8.00. The third-order valence-electron chi connectivity index (χ3n) is 5.41. The first-order chi connectivity index (χ1) is 16.7. The van der Waals surface area contributed by atoms with Crippen molar-refractivity contribution in [3.63, 3.8) is 0 Å². The van der Waals surface area contributed by atoms with Crippen LogP contribution in [0.1, 0.15) is 36.7 Å². The van der Waals surface area contributed by atoms with E-state index in [0.29, 0.717) is 41.1 Å². The lowest BCUT2D eigenvalue weighted by Gasteiger charge is -2.18. The SMILES string of the molecule is COC(=O)c1ccc2c(=O)n(CC(C)C)c(S[C@@H](C)C(=O)NCCc3ccc(OC)cc3)nc2c1. The number of aromatic nitrogens is 2. The van der Waals surface area contributed by atoms with Gasteiger partial charge in [0.25, 0.3) is 5.56 Å². The molecular weight excluding hydrogens is 466 g/mol. The van der Waals surface area contributed by atoms with Crippen LogP contribution in [-0.4, -0.2) is 47.4 Å². The Bertz CT molecular complexity index is 1250. The number of fused-ring (bicyclic) bond motifs is 1. The molecule has 2 aromatic carbocycles. The third kappa shape index (κ3) is 6.63. The van der Waals surface area contributed by atoms with Gasteiger partial charge in [-0.2, -0.15) is 0 Å². The smallest absolute Gasteiger partial charge is 0.337 e. The number of methoxy groups -OCH3 is 2. The number of thioether (sulfide) groups is 1. The summed E-state index contributed by atoms with van der Waals surface area (Å²) in [6.07, 6.45) is 0.690. The molecule has 0 aliphatic rings. The van der Waals surface area contributed by atoms with Gasteiger partial charge in [0.05, 0.1) is 35.9 Å². The van der Waals surface area contributed by atoms with Crippen LogP contribution in [0.25, 0.3) is 10.9 Å². The second kappa shape index (κ2) is 11.9. The van der Waals surface area contributed by atoms with Crippen LogP contribution >= 0.6 is 11.8 Å². The number of carbonyl (C=O) groups is 2. The van der Waals surface area contributed by atoms with Crippen molar-refractivity contribution < 1.29 is 19.1 Å². The predicted molar refractivity (Wildman–Crippen MR) is 137 cm³/mol. The molecule has 0 fully saturated rings. The molecule has 0 saturated carbocycles. The topological polar surface area (TPSA) is 99.5 Å². The van der Waals surface area contributed by atoms with E-state index in [9.17, 15) is 14.4 Å². The van der Waals surface area contributed by atoms with E-state index in [4.69, 9.17) is 9.47 Å². The Hall–Kier alpha value is -3.33. The van der Waals surface area contributed by atoms with Crippen molar-refractivity contribution in [1.82, 2.24) is 14.9 Å². The first-order valence-corrected chi connectivity index (χ1v) is 12.3. The van der Waals surface area contributed by atoms with Crippen molar-refractivity contribution in [2.45, 2.75) is 44.1 Å². The normalized spacial score (nSPS) is 11.9. The summed E-state index contributed by atoms with van der Waals surface area (Å²) < 4.78 is 11.6. The van der Waals surface area contributed by atoms with Crippen molar-refractivity contribution in [3.05, 3.63) is 63.9 Å². The van der Waals surface area contributed by atoms with Crippen LogP contribution in [0.15, 0.2) is 52.4 Å². The van der Waals surface area contributed by atoms with Crippen LogP contribution in [0.5, 0.6) is 5.75 Å². The molecule has 0 aliphatic carbocycles. The van der Waals surface area contributed by atoms with Crippen molar-refractivity contribution >= 4 is 34.5 Å². The van der Waals surface area contributed by atoms with E-state index in [-0.39, 0.29) is 17.4 Å². The zero-order chi connectivity index (χ0) is 25.5. The molecule has 9 heteroatoms. The molecule has 1 amide bonds. The summed E-state index contributed by atoms with van der Waals surface area (Å²) >= 11 is 1.23. The minimum Gasteiger partial charge on any atom is -0.497 e. The summed E-state index contributed by atoms with van der Waals surface area (Å²) in [5.74, 6) is 0.349. The maximum absolute atomic E-state index is 13.2. The number of hydrogen-bond acceptors (Lipinski definition) is 7. The molecule has 3 aromatic rings. The van der Waals surface area contributed by atoms with Gasteiger partial charge in [-0.25, -0.2) is 9.78 Å². The molecular formula is C26H31N3O5S. The average Bonchev–Trinajstić information content (AvgIpc) is 2.85. The molecule has 8 nitrogen and oxygen atoms in total. The zero-order valence-corrected chi connectivity index (χ0v) is 21.5. The molecule has 0 bridgehead atoms. The van der Waals surface area contributed by atoms with Gasteiger partial charge in [0, 0.05) is 13.1 Å². The largest absolute Gasteiger partial charge is 0.497 e. The van der Waals surface area contributed by atoms with Crippen LogP contribution in [0.3, 0.4) is 0 Å². The van der Waals surface area contributed by atoms with Gasteiger partial charge in [0.15, 0.2) is 5.16 Å². The molecule has 1 N–H and O–H groups in total. The van der Waals surface area contributed by atoms with E-state index >= 15 is 0 Å². The average molecular weight is 498 g/mol. The number of benzene rings is 2.